The third-order valence-electron chi connectivity index (χ3n) is 3.03. The summed E-state index contributed by atoms with van der Waals surface area (Å²) in [6.07, 6.45) is 3.25. The molecule has 0 radical (unpaired) electrons. The van der Waals surface area contributed by atoms with Crippen LogP contribution in [0.1, 0.15) is 5.89 Å². The Morgan fingerprint density at radius 1 is 1.09 bits per heavy atom. The molecule has 4 aromatic rings. The molecule has 0 amide bonds. The normalized spacial score (nSPS) is 11.0. The monoisotopic (exact) mass is 325 g/mol. The summed E-state index contributed by atoms with van der Waals surface area (Å²) in [5.74, 6) is 2.01. The van der Waals surface area contributed by atoms with Crippen molar-refractivity contribution in [2.24, 2.45) is 0 Å². The van der Waals surface area contributed by atoms with Crippen molar-refractivity contribution in [2.75, 3.05) is 0 Å². The Hall–Kier alpha value is -2.87. The molecule has 0 bridgehead atoms. The van der Waals surface area contributed by atoms with Crippen molar-refractivity contribution in [3.63, 3.8) is 0 Å². The number of aromatic nitrogens is 5. The van der Waals surface area contributed by atoms with Gasteiger partial charge in [0.2, 0.25) is 16.9 Å². The van der Waals surface area contributed by atoms with Gasteiger partial charge in [0.05, 0.1) is 17.7 Å². The van der Waals surface area contributed by atoms with E-state index in [-0.39, 0.29) is 0 Å². The quantitative estimate of drug-likeness (QED) is 0.521. The van der Waals surface area contributed by atoms with Crippen LogP contribution in [-0.2, 0) is 5.75 Å². The molecule has 0 unspecified atom stereocenters. The summed E-state index contributed by atoms with van der Waals surface area (Å²) < 4.78 is 12.2. The lowest BCUT2D eigenvalue weighted by molar-refractivity contribution is 0.390. The molecule has 0 saturated heterocycles. The van der Waals surface area contributed by atoms with E-state index in [9.17, 15) is 0 Å². The first-order valence-corrected chi connectivity index (χ1v) is 7.83. The van der Waals surface area contributed by atoms with Crippen LogP contribution < -0.4 is 0 Å². The van der Waals surface area contributed by atoms with Crippen molar-refractivity contribution in [3.05, 3.63) is 60.9 Å². The fourth-order valence-corrected chi connectivity index (χ4v) is 2.60. The zero-order chi connectivity index (χ0) is 15.5. The van der Waals surface area contributed by atoms with Gasteiger partial charge < -0.3 is 8.94 Å². The lowest BCUT2D eigenvalue weighted by Crippen LogP contribution is -1.93. The van der Waals surface area contributed by atoms with E-state index in [1.54, 1.807) is 29.4 Å². The van der Waals surface area contributed by atoms with E-state index in [1.807, 2.05) is 30.3 Å². The fourth-order valence-electron chi connectivity index (χ4n) is 1.96. The summed E-state index contributed by atoms with van der Waals surface area (Å²) in [7, 11) is 0. The molecule has 4 rings (SSSR count). The number of thioether (sulfide) groups is 1. The molecule has 8 heteroatoms. The van der Waals surface area contributed by atoms with Gasteiger partial charge in [-0.15, -0.1) is 5.10 Å². The first-order chi connectivity index (χ1) is 11.4. The van der Waals surface area contributed by atoms with Gasteiger partial charge in [-0.2, -0.15) is 4.98 Å². The van der Waals surface area contributed by atoms with Crippen LogP contribution in [0.2, 0.25) is 0 Å². The highest BCUT2D eigenvalue weighted by Gasteiger charge is 2.12. The molecule has 3 heterocycles. The topological polar surface area (TPSA) is 82.8 Å². The molecular formula is C15H11N5O2S. The molecule has 0 spiro atoms. The minimum absolute atomic E-state index is 0.438. The van der Waals surface area contributed by atoms with E-state index >= 15 is 0 Å². The fraction of sp³-hybridized carbons (Fsp3) is 0.0667. The average Bonchev–Trinajstić information content (AvgIpc) is 3.33. The summed E-state index contributed by atoms with van der Waals surface area (Å²) in [4.78, 5) is 8.55. The molecule has 3 aromatic heterocycles. The Bertz CT molecular complexity index is 886. The second kappa shape index (κ2) is 6.09. The molecule has 0 N–H and O–H groups in total. The number of hydrogen-bond acceptors (Lipinski definition) is 7. The Kier molecular flexibility index (Phi) is 3.65. The molecule has 0 atom stereocenters. The Morgan fingerprint density at radius 2 is 2.00 bits per heavy atom. The predicted molar refractivity (Wildman–Crippen MR) is 82.9 cm³/mol. The standard InChI is InChI=1S/C15H11N5O2S/c1-2-5-11(6-3-1)20-10-16-15(18-20)23-9-13-17-14(19-22-13)12-7-4-8-21-12/h1-8,10H,9H2. The van der Waals surface area contributed by atoms with E-state index in [2.05, 4.69) is 20.2 Å². The summed E-state index contributed by atoms with van der Waals surface area (Å²) in [5, 5.41) is 8.94. The maximum absolute atomic E-state index is 5.23. The maximum atomic E-state index is 5.23. The van der Waals surface area contributed by atoms with E-state index in [4.69, 9.17) is 8.94 Å². The molecule has 114 valence electrons. The average molecular weight is 325 g/mol. The SMILES string of the molecule is c1ccc(-n2cnc(SCc3nc(-c4ccco4)no3)n2)cc1. The van der Waals surface area contributed by atoms with Gasteiger partial charge in [0.15, 0.2) is 5.76 Å². The molecule has 1 aromatic carbocycles. The third kappa shape index (κ3) is 3.02. The highest BCUT2D eigenvalue weighted by Crippen LogP contribution is 2.21. The molecule has 0 aliphatic carbocycles. The number of benzene rings is 1. The van der Waals surface area contributed by atoms with Crippen LogP contribution in [0.3, 0.4) is 0 Å². The molecular weight excluding hydrogens is 314 g/mol. The lowest BCUT2D eigenvalue weighted by Gasteiger charge is -1.97. The maximum Gasteiger partial charge on any atom is 0.238 e. The van der Waals surface area contributed by atoms with E-state index < -0.39 is 0 Å². The van der Waals surface area contributed by atoms with Crippen molar-refractivity contribution in [1.29, 1.82) is 0 Å². The van der Waals surface area contributed by atoms with Crippen molar-refractivity contribution in [2.45, 2.75) is 10.9 Å². The van der Waals surface area contributed by atoms with Gasteiger partial charge in [-0.3, -0.25) is 0 Å². The van der Waals surface area contributed by atoms with Gasteiger partial charge >= 0.3 is 0 Å². The highest BCUT2D eigenvalue weighted by atomic mass is 32.2. The number of nitrogens with zero attached hydrogens (tertiary/aromatic N) is 5. The second-order valence-corrected chi connectivity index (χ2v) is 5.53. The van der Waals surface area contributed by atoms with Crippen LogP contribution in [0.15, 0.2) is 69.2 Å². The van der Waals surface area contributed by atoms with Crippen LogP contribution in [0.4, 0.5) is 0 Å². The van der Waals surface area contributed by atoms with Gasteiger partial charge in [-0.05, 0) is 24.3 Å². The zero-order valence-electron chi connectivity index (χ0n) is 11.9. The Morgan fingerprint density at radius 3 is 2.83 bits per heavy atom. The number of hydrogen-bond donors (Lipinski definition) is 0. The number of para-hydroxylation sites is 1. The van der Waals surface area contributed by atoms with Gasteiger partial charge in [0.1, 0.15) is 6.33 Å². The molecule has 0 aliphatic heterocycles. The summed E-state index contributed by atoms with van der Waals surface area (Å²) in [6, 6.07) is 13.4. The molecule has 23 heavy (non-hydrogen) atoms. The van der Waals surface area contributed by atoms with Gasteiger partial charge in [-0.25, -0.2) is 9.67 Å². The smallest absolute Gasteiger partial charge is 0.238 e. The number of furan rings is 1. The predicted octanol–water partition coefficient (Wildman–Crippen LogP) is 3.20. The van der Waals surface area contributed by atoms with E-state index in [0.717, 1.165) is 5.69 Å². The van der Waals surface area contributed by atoms with Crippen molar-refractivity contribution in [3.8, 4) is 17.3 Å². The molecule has 7 nitrogen and oxygen atoms in total. The summed E-state index contributed by atoms with van der Waals surface area (Å²) >= 11 is 1.43. The number of rotatable bonds is 5. The molecule has 0 saturated carbocycles. The van der Waals surface area contributed by atoms with Crippen molar-refractivity contribution >= 4 is 11.8 Å². The van der Waals surface area contributed by atoms with E-state index in [0.29, 0.717) is 28.4 Å². The van der Waals surface area contributed by atoms with E-state index in [1.165, 1.54) is 11.8 Å². The van der Waals surface area contributed by atoms with Crippen LogP contribution in [0.25, 0.3) is 17.3 Å². The lowest BCUT2D eigenvalue weighted by atomic mass is 10.3. The molecule has 0 aliphatic rings. The third-order valence-corrected chi connectivity index (χ3v) is 3.86. The summed E-state index contributed by atoms with van der Waals surface area (Å²) in [5.41, 5.74) is 0.963. The second-order valence-electron chi connectivity index (χ2n) is 4.58. The minimum atomic E-state index is 0.438. The Labute approximate surface area is 135 Å². The van der Waals surface area contributed by atoms with Gasteiger partial charge in [0.25, 0.3) is 0 Å². The zero-order valence-corrected chi connectivity index (χ0v) is 12.7. The van der Waals surface area contributed by atoms with Crippen LogP contribution in [0, 0.1) is 0 Å². The first kappa shape index (κ1) is 13.8. The molecule has 0 fully saturated rings. The van der Waals surface area contributed by atoms with Crippen molar-refractivity contribution in [1.82, 2.24) is 24.9 Å². The van der Waals surface area contributed by atoms with Crippen LogP contribution in [-0.4, -0.2) is 24.9 Å². The Balaban J connectivity index is 1.43. The largest absolute Gasteiger partial charge is 0.461 e. The first-order valence-electron chi connectivity index (χ1n) is 6.85. The minimum Gasteiger partial charge on any atom is -0.461 e. The van der Waals surface area contributed by atoms with Gasteiger partial charge in [0, 0.05) is 0 Å². The van der Waals surface area contributed by atoms with Crippen molar-refractivity contribution < 1.29 is 8.94 Å². The highest BCUT2D eigenvalue weighted by molar-refractivity contribution is 7.98. The van der Waals surface area contributed by atoms with Crippen LogP contribution >= 0.6 is 11.8 Å². The summed E-state index contributed by atoms with van der Waals surface area (Å²) in [6.45, 7) is 0. The van der Waals surface area contributed by atoms with Gasteiger partial charge in [-0.1, -0.05) is 35.1 Å². The van der Waals surface area contributed by atoms with Crippen LogP contribution in [0.5, 0.6) is 0 Å².